The molecular weight excluding hydrogens is 252 g/mol. The molecule has 1 heterocycles. The number of aromatic nitrogens is 1. The van der Waals surface area contributed by atoms with Crippen LogP contribution in [0.3, 0.4) is 0 Å². The van der Waals surface area contributed by atoms with Gasteiger partial charge in [-0.05, 0) is 36.2 Å². The van der Waals surface area contributed by atoms with Gasteiger partial charge < -0.3 is 15.2 Å². The summed E-state index contributed by atoms with van der Waals surface area (Å²) >= 11 is 0. The number of hydrogen-bond acceptors (Lipinski definition) is 4. The van der Waals surface area contributed by atoms with Crippen molar-refractivity contribution in [1.82, 2.24) is 10.3 Å². The molecule has 20 heavy (non-hydrogen) atoms. The lowest BCUT2D eigenvalue weighted by molar-refractivity contribution is 0.281. The number of rotatable bonds is 7. The van der Waals surface area contributed by atoms with Gasteiger partial charge in [-0.25, -0.2) is 4.98 Å². The molecule has 4 nitrogen and oxygen atoms in total. The van der Waals surface area contributed by atoms with Gasteiger partial charge in [0.05, 0.1) is 6.61 Å². The molecule has 0 bridgehead atoms. The van der Waals surface area contributed by atoms with Crippen LogP contribution in [0, 0.1) is 0 Å². The summed E-state index contributed by atoms with van der Waals surface area (Å²) in [4.78, 5) is 4.28. The first kappa shape index (κ1) is 14.5. The molecule has 0 spiro atoms. The third kappa shape index (κ3) is 4.33. The zero-order valence-electron chi connectivity index (χ0n) is 11.7. The summed E-state index contributed by atoms with van der Waals surface area (Å²) in [7, 11) is 0. The van der Waals surface area contributed by atoms with E-state index in [4.69, 9.17) is 9.84 Å². The molecule has 4 heteroatoms. The third-order valence-electron chi connectivity index (χ3n) is 2.86. The van der Waals surface area contributed by atoms with E-state index in [2.05, 4.69) is 17.2 Å². The lowest BCUT2D eigenvalue weighted by atomic mass is 10.2. The fraction of sp³-hybridized carbons (Fsp3) is 0.312. The van der Waals surface area contributed by atoms with Crippen LogP contribution < -0.4 is 10.1 Å². The Morgan fingerprint density at radius 1 is 1.20 bits per heavy atom. The van der Waals surface area contributed by atoms with Gasteiger partial charge in [-0.2, -0.15) is 0 Å². The average Bonchev–Trinajstić information content (AvgIpc) is 2.49. The molecule has 0 saturated heterocycles. The quantitative estimate of drug-likeness (QED) is 0.761. The van der Waals surface area contributed by atoms with E-state index < -0.39 is 0 Å². The van der Waals surface area contributed by atoms with Gasteiger partial charge in [0, 0.05) is 18.8 Å². The number of ether oxygens (including phenoxy) is 1. The normalized spacial score (nSPS) is 10.5. The summed E-state index contributed by atoms with van der Waals surface area (Å²) in [6.45, 7) is 3.97. The average molecular weight is 272 g/mol. The van der Waals surface area contributed by atoms with E-state index >= 15 is 0 Å². The largest absolute Gasteiger partial charge is 0.439 e. The molecule has 0 saturated carbocycles. The maximum Gasteiger partial charge on any atom is 0.219 e. The minimum atomic E-state index is 0.00661. The number of nitrogens with one attached hydrogen (secondary N) is 1. The van der Waals surface area contributed by atoms with Crippen LogP contribution in [0.2, 0.25) is 0 Å². The van der Waals surface area contributed by atoms with Gasteiger partial charge in [-0.15, -0.1) is 0 Å². The van der Waals surface area contributed by atoms with Crippen LogP contribution in [-0.4, -0.2) is 16.6 Å². The highest BCUT2D eigenvalue weighted by atomic mass is 16.5. The van der Waals surface area contributed by atoms with Gasteiger partial charge in [0.15, 0.2) is 0 Å². The van der Waals surface area contributed by atoms with Crippen molar-refractivity contribution in [2.24, 2.45) is 0 Å². The lowest BCUT2D eigenvalue weighted by Crippen LogP contribution is -2.13. The molecule has 2 N–H and O–H groups in total. The van der Waals surface area contributed by atoms with E-state index in [1.54, 1.807) is 6.07 Å². The topological polar surface area (TPSA) is 54.4 Å². The Morgan fingerprint density at radius 3 is 2.80 bits per heavy atom. The Bertz CT molecular complexity index is 526. The van der Waals surface area contributed by atoms with Crippen molar-refractivity contribution in [2.75, 3.05) is 6.54 Å². The molecule has 2 rings (SSSR count). The van der Waals surface area contributed by atoms with Crippen LogP contribution in [0.1, 0.15) is 24.5 Å². The molecule has 2 aromatic rings. The Balaban J connectivity index is 1.95. The molecule has 0 radical (unpaired) electrons. The van der Waals surface area contributed by atoms with Crippen molar-refractivity contribution in [3.8, 4) is 11.6 Å². The van der Waals surface area contributed by atoms with E-state index in [-0.39, 0.29) is 6.61 Å². The second-order valence-corrected chi connectivity index (χ2v) is 4.59. The molecule has 106 valence electrons. The van der Waals surface area contributed by atoms with E-state index in [0.717, 1.165) is 30.6 Å². The zero-order valence-corrected chi connectivity index (χ0v) is 11.7. The minimum Gasteiger partial charge on any atom is -0.439 e. The van der Waals surface area contributed by atoms with E-state index in [0.29, 0.717) is 11.6 Å². The van der Waals surface area contributed by atoms with Crippen molar-refractivity contribution in [3.05, 3.63) is 53.7 Å². The van der Waals surface area contributed by atoms with Crippen LogP contribution in [0.25, 0.3) is 0 Å². The van der Waals surface area contributed by atoms with Crippen LogP contribution in [0.15, 0.2) is 42.6 Å². The minimum absolute atomic E-state index is 0.00661. The standard InChI is InChI=1S/C16H20N2O2/c1-2-8-17-10-14-6-7-16(18-11-14)20-15-5-3-4-13(9-15)12-19/h3-7,9,11,17,19H,2,8,10,12H2,1H3. The highest BCUT2D eigenvalue weighted by Gasteiger charge is 2.00. The van der Waals surface area contributed by atoms with Crippen molar-refractivity contribution >= 4 is 0 Å². The van der Waals surface area contributed by atoms with Crippen molar-refractivity contribution in [3.63, 3.8) is 0 Å². The Labute approximate surface area is 119 Å². The summed E-state index contributed by atoms with van der Waals surface area (Å²) in [5.74, 6) is 1.24. The Hall–Kier alpha value is -1.91. The monoisotopic (exact) mass is 272 g/mol. The highest BCUT2D eigenvalue weighted by molar-refractivity contribution is 5.31. The van der Waals surface area contributed by atoms with Gasteiger partial charge in [-0.1, -0.05) is 25.1 Å². The molecule has 0 fully saturated rings. The van der Waals surface area contributed by atoms with Gasteiger partial charge in [-0.3, -0.25) is 0 Å². The molecule has 0 aliphatic rings. The molecule has 0 aliphatic heterocycles. The van der Waals surface area contributed by atoms with Crippen LogP contribution >= 0.6 is 0 Å². The first-order valence-electron chi connectivity index (χ1n) is 6.85. The van der Waals surface area contributed by atoms with Crippen LogP contribution in [-0.2, 0) is 13.2 Å². The highest BCUT2D eigenvalue weighted by Crippen LogP contribution is 2.20. The Morgan fingerprint density at radius 2 is 2.10 bits per heavy atom. The fourth-order valence-corrected chi connectivity index (χ4v) is 1.81. The molecule has 1 aromatic heterocycles. The first-order valence-corrected chi connectivity index (χ1v) is 6.85. The van der Waals surface area contributed by atoms with E-state index in [1.807, 2.05) is 36.5 Å². The number of aliphatic hydroxyl groups excluding tert-OH is 1. The van der Waals surface area contributed by atoms with Crippen molar-refractivity contribution in [2.45, 2.75) is 26.5 Å². The number of aliphatic hydroxyl groups is 1. The lowest BCUT2D eigenvalue weighted by Gasteiger charge is -2.07. The smallest absolute Gasteiger partial charge is 0.219 e. The second-order valence-electron chi connectivity index (χ2n) is 4.59. The molecule has 1 aromatic carbocycles. The molecule has 0 aliphatic carbocycles. The van der Waals surface area contributed by atoms with E-state index in [9.17, 15) is 0 Å². The maximum absolute atomic E-state index is 9.09. The molecule has 0 atom stereocenters. The van der Waals surface area contributed by atoms with Gasteiger partial charge in [0.25, 0.3) is 0 Å². The predicted molar refractivity (Wildman–Crippen MR) is 78.7 cm³/mol. The van der Waals surface area contributed by atoms with Crippen molar-refractivity contribution in [1.29, 1.82) is 0 Å². The van der Waals surface area contributed by atoms with Gasteiger partial charge in [0.2, 0.25) is 5.88 Å². The maximum atomic E-state index is 9.09. The molecule has 0 unspecified atom stereocenters. The Kier molecular flexibility index (Phi) is 5.53. The molecular formula is C16H20N2O2. The number of hydrogen-bond donors (Lipinski definition) is 2. The number of benzene rings is 1. The van der Waals surface area contributed by atoms with Crippen LogP contribution in [0.5, 0.6) is 11.6 Å². The summed E-state index contributed by atoms with van der Waals surface area (Å²) < 4.78 is 5.66. The van der Waals surface area contributed by atoms with Gasteiger partial charge >= 0.3 is 0 Å². The summed E-state index contributed by atoms with van der Waals surface area (Å²) in [6, 6.07) is 11.2. The summed E-state index contributed by atoms with van der Waals surface area (Å²) in [6.07, 6.45) is 2.93. The van der Waals surface area contributed by atoms with Gasteiger partial charge in [0.1, 0.15) is 5.75 Å². The van der Waals surface area contributed by atoms with E-state index in [1.165, 1.54) is 0 Å². The number of pyridine rings is 1. The summed E-state index contributed by atoms with van der Waals surface area (Å²) in [5, 5.41) is 12.4. The zero-order chi connectivity index (χ0) is 14.2. The third-order valence-corrected chi connectivity index (χ3v) is 2.86. The number of nitrogens with zero attached hydrogens (tertiary/aromatic N) is 1. The fourth-order valence-electron chi connectivity index (χ4n) is 1.81. The molecule has 0 amide bonds. The summed E-state index contributed by atoms with van der Waals surface area (Å²) in [5.41, 5.74) is 1.96. The predicted octanol–water partition coefficient (Wildman–Crippen LogP) is 2.87. The SMILES string of the molecule is CCCNCc1ccc(Oc2cccc(CO)c2)nc1. The van der Waals surface area contributed by atoms with Crippen LogP contribution in [0.4, 0.5) is 0 Å². The van der Waals surface area contributed by atoms with Crippen molar-refractivity contribution < 1.29 is 9.84 Å². The second kappa shape index (κ2) is 7.62. The first-order chi connectivity index (χ1) is 9.81.